The van der Waals surface area contributed by atoms with Crippen LogP contribution >= 0.6 is 27.7 Å². The highest BCUT2D eigenvalue weighted by atomic mass is 79.9. The van der Waals surface area contributed by atoms with E-state index >= 15 is 0 Å². The maximum absolute atomic E-state index is 13.4. The average Bonchev–Trinajstić information content (AvgIpc) is 3.51. The first-order chi connectivity index (χ1) is 16.5. The third kappa shape index (κ3) is 5.06. The van der Waals surface area contributed by atoms with Crippen LogP contribution in [0.4, 0.5) is 5.69 Å². The van der Waals surface area contributed by atoms with Gasteiger partial charge in [-0.15, -0.1) is 11.8 Å². The SMILES string of the molecule is C1CCOC1.O=C(O)[C@H](c1ccccc1Br)[C@]1(SCc2ccccc2)C(=O)Nc2ccccc21. The number of hydrogen-bond donors (Lipinski definition) is 2. The number of carbonyl (C=O) groups is 2. The van der Waals surface area contributed by atoms with E-state index in [9.17, 15) is 14.7 Å². The van der Waals surface area contributed by atoms with Crippen LogP contribution in [0.3, 0.4) is 0 Å². The van der Waals surface area contributed by atoms with Crippen molar-refractivity contribution in [1.82, 2.24) is 0 Å². The summed E-state index contributed by atoms with van der Waals surface area (Å²) < 4.78 is 4.33. The van der Waals surface area contributed by atoms with Gasteiger partial charge in [0.15, 0.2) is 0 Å². The average molecular weight is 540 g/mol. The van der Waals surface area contributed by atoms with Gasteiger partial charge in [-0.1, -0.05) is 82.7 Å². The number of aliphatic carboxylic acids is 1. The number of fused-ring (bicyclic) bond motifs is 1. The van der Waals surface area contributed by atoms with Crippen molar-refractivity contribution >= 4 is 45.3 Å². The molecule has 0 saturated carbocycles. The maximum atomic E-state index is 13.4. The van der Waals surface area contributed by atoms with E-state index in [0.717, 1.165) is 18.8 Å². The second-order valence-electron chi connectivity index (χ2n) is 8.12. The molecular weight excluding hydrogens is 514 g/mol. The maximum Gasteiger partial charge on any atom is 0.313 e. The number of rotatable bonds is 6. The van der Waals surface area contributed by atoms with E-state index in [4.69, 9.17) is 4.74 Å². The highest BCUT2D eigenvalue weighted by molar-refractivity contribution is 9.10. The van der Waals surface area contributed by atoms with E-state index in [0.29, 0.717) is 27.0 Å². The minimum Gasteiger partial charge on any atom is -0.481 e. The van der Waals surface area contributed by atoms with Crippen LogP contribution in [0.1, 0.15) is 35.4 Å². The fourth-order valence-electron chi connectivity index (χ4n) is 4.28. The van der Waals surface area contributed by atoms with Crippen molar-refractivity contribution in [2.75, 3.05) is 18.5 Å². The lowest BCUT2D eigenvalue weighted by molar-refractivity contribution is -0.141. The van der Waals surface area contributed by atoms with Crippen LogP contribution in [0.2, 0.25) is 0 Å². The number of nitrogens with one attached hydrogen (secondary N) is 1. The summed E-state index contributed by atoms with van der Waals surface area (Å²) in [6.45, 7) is 2.00. The number of thioether (sulfide) groups is 1. The van der Waals surface area contributed by atoms with Crippen molar-refractivity contribution in [1.29, 1.82) is 0 Å². The first-order valence-electron chi connectivity index (χ1n) is 11.2. The van der Waals surface area contributed by atoms with Gasteiger partial charge in [-0.2, -0.15) is 0 Å². The molecule has 34 heavy (non-hydrogen) atoms. The van der Waals surface area contributed by atoms with Crippen LogP contribution < -0.4 is 5.32 Å². The van der Waals surface area contributed by atoms with E-state index in [2.05, 4.69) is 21.2 Å². The smallest absolute Gasteiger partial charge is 0.313 e. The highest BCUT2D eigenvalue weighted by Crippen LogP contribution is 2.56. The molecule has 176 valence electrons. The van der Waals surface area contributed by atoms with Crippen molar-refractivity contribution in [2.45, 2.75) is 29.3 Å². The summed E-state index contributed by atoms with van der Waals surface area (Å²) in [5.41, 5.74) is 2.98. The normalized spacial score (nSPS) is 19.5. The predicted molar refractivity (Wildman–Crippen MR) is 139 cm³/mol. The zero-order chi connectivity index (χ0) is 24.0. The molecule has 2 N–H and O–H groups in total. The number of amides is 1. The molecule has 5 rings (SSSR count). The molecule has 0 radical (unpaired) electrons. The molecule has 1 amide bonds. The minimum absolute atomic E-state index is 0.303. The molecule has 5 nitrogen and oxygen atoms in total. The monoisotopic (exact) mass is 539 g/mol. The van der Waals surface area contributed by atoms with Gasteiger partial charge in [-0.3, -0.25) is 9.59 Å². The van der Waals surface area contributed by atoms with Gasteiger partial charge >= 0.3 is 5.97 Å². The lowest BCUT2D eigenvalue weighted by Gasteiger charge is -2.33. The molecule has 3 aromatic rings. The summed E-state index contributed by atoms with van der Waals surface area (Å²) in [4.78, 5) is 26.0. The van der Waals surface area contributed by atoms with Crippen LogP contribution in [0, 0.1) is 0 Å². The second-order valence-corrected chi connectivity index (χ2v) is 10.2. The summed E-state index contributed by atoms with van der Waals surface area (Å²) >= 11 is 4.85. The molecule has 7 heteroatoms. The number of ether oxygens (including phenoxy) is 1. The summed E-state index contributed by atoms with van der Waals surface area (Å²) in [6.07, 6.45) is 2.56. The molecule has 3 aromatic carbocycles. The van der Waals surface area contributed by atoms with Gasteiger partial charge in [0.25, 0.3) is 0 Å². The number of para-hydroxylation sites is 1. The number of anilines is 1. The number of carboxylic acids is 1. The zero-order valence-electron chi connectivity index (χ0n) is 18.6. The van der Waals surface area contributed by atoms with Gasteiger partial charge in [0, 0.05) is 34.7 Å². The Bertz CT molecular complexity index is 1140. The van der Waals surface area contributed by atoms with Crippen molar-refractivity contribution in [3.8, 4) is 0 Å². The van der Waals surface area contributed by atoms with E-state index < -0.39 is 16.6 Å². The fourth-order valence-corrected chi connectivity index (χ4v) is 6.29. The molecule has 2 aliphatic rings. The Balaban J connectivity index is 0.000000486. The summed E-state index contributed by atoms with van der Waals surface area (Å²) in [7, 11) is 0. The predicted octanol–water partition coefficient (Wildman–Crippen LogP) is 6.20. The fraction of sp³-hybridized carbons (Fsp3) is 0.259. The number of halogens is 1. The molecule has 0 aliphatic carbocycles. The third-order valence-electron chi connectivity index (χ3n) is 5.92. The van der Waals surface area contributed by atoms with Crippen molar-refractivity contribution in [3.63, 3.8) is 0 Å². The minimum atomic E-state index is -1.29. The Labute approximate surface area is 212 Å². The number of hydrogen-bond acceptors (Lipinski definition) is 4. The molecule has 0 bridgehead atoms. The molecule has 2 aliphatic heterocycles. The lowest BCUT2D eigenvalue weighted by Crippen LogP contribution is -2.41. The Morgan fingerprint density at radius 1 is 1.00 bits per heavy atom. The van der Waals surface area contributed by atoms with Crippen LogP contribution in [0.15, 0.2) is 83.3 Å². The Morgan fingerprint density at radius 2 is 1.65 bits per heavy atom. The first kappa shape index (κ1) is 24.5. The highest BCUT2D eigenvalue weighted by Gasteiger charge is 2.56. The van der Waals surface area contributed by atoms with E-state index in [-0.39, 0.29) is 5.91 Å². The van der Waals surface area contributed by atoms with Gasteiger partial charge in [-0.05, 0) is 36.1 Å². The Kier molecular flexibility index (Phi) is 8.08. The molecule has 0 unspecified atom stereocenters. The molecular formula is C27H26BrNO4S. The summed E-state index contributed by atoms with van der Waals surface area (Å²) in [6, 6.07) is 24.3. The Morgan fingerprint density at radius 3 is 2.29 bits per heavy atom. The third-order valence-corrected chi connectivity index (χ3v) is 8.22. The molecule has 0 spiro atoms. The van der Waals surface area contributed by atoms with Crippen LogP contribution in [0.25, 0.3) is 0 Å². The van der Waals surface area contributed by atoms with Crippen molar-refractivity contribution in [2.24, 2.45) is 0 Å². The Hall–Kier alpha value is -2.61. The van der Waals surface area contributed by atoms with E-state index in [1.807, 2.05) is 60.7 Å². The van der Waals surface area contributed by atoms with E-state index in [1.165, 1.54) is 24.6 Å². The van der Waals surface area contributed by atoms with Crippen LogP contribution in [-0.2, 0) is 24.8 Å². The first-order valence-corrected chi connectivity index (χ1v) is 13.0. The van der Waals surface area contributed by atoms with Crippen molar-refractivity contribution in [3.05, 3.63) is 100 Å². The largest absolute Gasteiger partial charge is 0.481 e. The summed E-state index contributed by atoms with van der Waals surface area (Å²) in [5.74, 6) is -1.89. The van der Waals surface area contributed by atoms with Crippen LogP contribution in [0.5, 0.6) is 0 Å². The van der Waals surface area contributed by atoms with Gasteiger partial charge in [0.05, 0.1) is 0 Å². The van der Waals surface area contributed by atoms with Crippen molar-refractivity contribution < 1.29 is 19.4 Å². The summed E-state index contributed by atoms with van der Waals surface area (Å²) in [5, 5.41) is 13.2. The van der Waals surface area contributed by atoms with Gasteiger partial charge in [-0.25, -0.2) is 0 Å². The van der Waals surface area contributed by atoms with Gasteiger partial charge in [0.1, 0.15) is 10.7 Å². The van der Waals surface area contributed by atoms with Crippen LogP contribution in [-0.4, -0.2) is 30.2 Å². The van der Waals surface area contributed by atoms with Gasteiger partial charge in [0.2, 0.25) is 5.91 Å². The number of carbonyl (C=O) groups excluding carboxylic acids is 1. The number of benzene rings is 3. The quantitative estimate of drug-likeness (QED) is 0.390. The second kappa shape index (κ2) is 11.2. The molecule has 0 aromatic heterocycles. The number of carboxylic acid groups (broad SMARTS) is 1. The zero-order valence-corrected chi connectivity index (χ0v) is 21.0. The van der Waals surface area contributed by atoms with E-state index in [1.54, 1.807) is 18.2 Å². The molecule has 1 saturated heterocycles. The standard InChI is InChI=1S/C23H18BrNO3S.C4H8O/c24-18-12-6-4-10-16(18)20(21(26)27)23(29-14-15-8-2-1-3-9-15)17-11-5-7-13-19(17)25-22(23)28;1-2-4-5-3-1/h1-13,20H,14H2,(H,25,28)(H,26,27);1-4H2/t20-,23-;/m0./s1. The van der Waals surface area contributed by atoms with Gasteiger partial charge < -0.3 is 15.2 Å². The topological polar surface area (TPSA) is 75.6 Å². The molecule has 1 fully saturated rings. The molecule has 2 heterocycles. The lowest BCUT2D eigenvalue weighted by atomic mass is 9.81. The molecule has 2 atom stereocenters.